The van der Waals surface area contributed by atoms with E-state index in [1.165, 1.54) is 7.11 Å². The lowest BCUT2D eigenvalue weighted by molar-refractivity contribution is 0.391. The van der Waals surface area contributed by atoms with Crippen molar-refractivity contribution >= 4 is 21.4 Å². The van der Waals surface area contributed by atoms with Crippen molar-refractivity contribution in [3.8, 4) is 5.88 Å². The van der Waals surface area contributed by atoms with Crippen LogP contribution in [0.5, 0.6) is 5.88 Å². The molecule has 18 heavy (non-hydrogen) atoms. The van der Waals surface area contributed by atoms with Gasteiger partial charge in [-0.25, -0.2) is 8.42 Å². The summed E-state index contributed by atoms with van der Waals surface area (Å²) in [6.07, 6.45) is 2.77. The largest absolute Gasteiger partial charge is 0.479 e. The van der Waals surface area contributed by atoms with Crippen molar-refractivity contribution in [2.75, 3.05) is 12.9 Å². The summed E-state index contributed by atoms with van der Waals surface area (Å²) in [6, 6.07) is 1.62. The first-order valence-corrected chi connectivity index (χ1v) is 7.90. The van der Waals surface area contributed by atoms with Crippen molar-refractivity contribution in [1.82, 2.24) is 10.2 Å². The summed E-state index contributed by atoms with van der Waals surface area (Å²) in [5.74, 6) is 0.529. The molecule has 0 bridgehead atoms. The van der Waals surface area contributed by atoms with Gasteiger partial charge in [0.25, 0.3) is 5.88 Å². The Hall–Kier alpha value is -0.880. The summed E-state index contributed by atoms with van der Waals surface area (Å²) in [5.41, 5.74) is 0.594. The van der Waals surface area contributed by atoms with Gasteiger partial charge in [0.15, 0.2) is 9.84 Å². The number of rotatable bonds is 3. The van der Waals surface area contributed by atoms with Crippen LogP contribution in [0, 0.1) is 0 Å². The van der Waals surface area contributed by atoms with Crippen LogP contribution < -0.4 is 4.74 Å². The molecule has 0 spiro atoms. The van der Waals surface area contributed by atoms with E-state index in [4.69, 9.17) is 16.3 Å². The van der Waals surface area contributed by atoms with Crippen LogP contribution in [0.4, 0.5) is 0 Å². The number of methoxy groups -OCH3 is 1. The van der Waals surface area contributed by atoms with Crippen LogP contribution in [0.2, 0.25) is 5.02 Å². The fraction of sp³-hybridized carbons (Fsp3) is 0.636. The predicted molar refractivity (Wildman–Crippen MR) is 68.7 cm³/mol. The van der Waals surface area contributed by atoms with Crippen LogP contribution in [0.15, 0.2) is 6.07 Å². The van der Waals surface area contributed by atoms with E-state index in [1.54, 1.807) is 6.07 Å². The highest BCUT2D eigenvalue weighted by Gasteiger charge is 2.29. The minimum Gasteiger partial charge on any atom is -0.479 e. The van der Waals surface area contributed by atoms with Gasteiger partial charge in [0.1, 0.15) is 5.02 Å². The number of aromatic nitrogens is 2. The second-order valence-electron chi connectivity index (χ2n) is 4.38. The zero-order valence-electron chi connectivity index (χ0n) is 10.1. The maximum absolute atomic E-state index is 11.9. The molecule has 0 saturated carbocycles. The van der Waals surface area contributed by atoms with Crippen molar-refractivity contribution in [2.45, 2.75) is 30.9 Å². The Morgan fingerprint density at radius 1 is 1.44 bits per heavy atom. The van der Waals surface area contributed by atoms with E-state index in [-0.39, 0.29) is 16.9 Å². The number of sulfone groups is 1. The molecule has 1 atom stereocenters. The van der Waals surface area contributed by atoms with E-state index in [2.05, 4.69) is 10.2 Å². The molecule has 1 aliphatic rings. The van der Waals surface area contributed by atoms with Gasteiger partial charge in [-0.3, -0.25) is 0 Å². The monoisotopic (exact) mass is 290 g/mol. The fourth-order valence-electron chi connectivity index (χ4n) is 2.12. The van der Waals surface area contributed by atoms with Crippen molar-refractivity contribution in [3.63, 3.8) is 0 Å². The Labute approximate surface area is 111 Å². The van der Waals surface area contributed by atoms with Gasteiger partial charge < -0.3 is 4.74 Å². The van der Waals surface area contributed by atoms with Gasteiger partial charge in [0.2, 0.25) is 0 Å². The number of halogens is 1. The van der Waals surface area contributed by atoms with E-state index in [0.29, 0.717) is 23.6 Å². The molecule has 0 radical (unpaired) electrons. The summed E-state index contributed by atoms with van der Waals surface area (Å²) in [6.45, 7) is 0. The molecule has 2 heterocycles. The molecule has 1 aromatic heterocycles. The van der Waals surface area contributed by atoms with Gasteiger partial charge in [0, 0.05) is 6.42 Å². The Morgan fingerprint density at radius 2 is 2.22 bits per heavy atom. The molecule has 5 nitrogen and oxygen atoms in total. The highest BCUT2D eigenvalue weighted by atomic mass is 35.5. The van der Waals surface area contributed by atoms with Gasteiger partial charge >= 0.3 is 0 Å². The summed E-state index contributed by atoms with van der Waals surface area (Å²) in [4.78, 5) is 0. The number of hydrogen-bond acceptors (Lipinski definition) is 5. The van der Waals surface area contributed by atoms with Gasteiger partial charge in [0.05, 0.1) is 23.8 Å². The molecule has 7 heteroatoms. The second-order valence-corrected chi connectivity index (χ2v) is 7.19. The molecule has 1 aliphatic heterocycles. The van der Waals surface area contributed by atoms with Crippen LogP contribution in [-0.2, 0) is 16.3 Å². The molecule has 2 rings (SSSR count). The molecule has 1 aromatic rings. The third-order valence-electron chi connectivity index (χ3n) is 3.11. The highest BCUT2D eigenvalue weighted by molar-refractivity contribution is 7.92. The normalized spacial score (nSPS) is 22.7. The Bertz CT molecular complexity index is 533. The first kappa shape index (κ1) is 13.5. The third kappa shape index (κ3) is 2.92. The maximum Gasteiger partial charge on any atom is 0.252 e. The number of ether oxygens (including phenoxy) is 1. The van der Waals surface area contributed by atoms with E-state index < -0.39 is 9.84 Å². The predicted octanol–water partition coefficient (Wildman–Crippen LogP) is 1.65. The van der Waals surface area contributed by atoms with Gasteiger partial charge in [-0.1, -0.05) is 18.0 Å². The lowest BCUT2D eigenvalue weighted by Crippen LogP contribution is -2.30. The minimum atomic E-state index is -2.99. The molecule has 0 amide bonds. The first-order chi connectivity index (χ1) is 8.53. The van der Waals surface area contributed by atoms with E-state index in [9.17, 15) is 8.42 Å². The Kier molecular flexibility index (Phi) is 4.07. The SMILES string of the molecule is COc1nnc(CC2CCCCS2(=O)=O)cc1Cl. The second kappa shape index (κ2) is 5.40. The lowest BCUT2D eigenvalue weighted by atomic mass is 10.1. The van der Waals surface area contributed by atoms with Crippen LogP contribution in [-0.4, -0.2) is 36.7 Å². The molecular weight excluding hydrogens is 276 g/mol. The maximum atomic E-state index is 11.9. The molecule has 100 valence electrons. The molecule has 0 aliphatic carbocycles. The zero-order valence-corrected chi connectivity index (χ0v) is 11.7. The Balaban J connectivity index is 2.16. The van der Waals surface area contributed by atoms with Gasteiger partial charge in [-0.15, -0.1) is 5.10 Å². The van der Waals surface area contributed by atoms with Crippen LogP contribution in [0.1, 0.15) is 25.0 Å². The standard InChI is InChI=1S/C11H15ClN2O3S/c1-17-11-10(12)7-8(13-14-11)6-9-4-2-3-5-18(9,15)16/h7,9H,2-6H2,1H3. The third-order valence-corrected chi connectivity index (χ3v) is 5.66. The van der Waals surface area contributed by atoms with Crippen molar-refractivity contribution in [1.29, 1.82) is 0 Å². The molecule has 0 aromatic carbocycles. The average molecular weight is 291 g/mol. The minimum absolute atomic E-state index is 0.256. The number of nitrogens with zero attached hydrogens (tertiary/aromatic N) is 2. The summed E-state index contributed by atoms with van der Waals surface area (Å²) >= 11 is 5.94. The molecule has 0 N–H and O–H groups in total. The molecule has 1 saturated heterocycles. The van der Waals surface area contributed by atoms with Crippen LogP contribution in [0.25, 0.3) is 0 Å². The zero-order chi connectivity index (χ0) is 13.2. The van der Waals surface area contributed by atoms with Crippen LogP contribution in [0.3, 0.4) is 0 Å². The van der Waals surface area contributed by atoms with Gasteiger partial charge in [-0.2, -0.15) is 5.10 Å². The summed E-state index contributed by atoms with van der Waals surface area (Å²) in [5, 5.41) is 7.76. The van der Waals surface area contributed by atoms with E-state index in [1.807, 2.05) is 0 Å². The van der Waals surface area contributed by atoms with E-state index >= 15 is 0 Å². The van der Waals surface area contributed by atoms with Crippen molar-refractivity contribution < 1.29 is 13.2 Å². The number of hydrogen-bond donors (Lipinski definition) is 0. The summed E-state index contributed by atoms with van der Waals surface area (Å²) < 4.78 is 28.7. The van der Waals surface area contributed by atoms with Crippen molar-refractivity contribution in [2.24, 2.45) is 0 Å². The smallest absolute Gasteiger partial charge is 0.252 e. The quantitative estimate of drug-likeness (QED) is 0.846. The topological polar surface area (TPSA) is 69.2 Å². The first-order valence-electron chi connectivity index (χ1n) is 5.80. The van der Waals surface area contributed by atoms with E-state index in [0.717, 1.165) is 12.8 Å². The van der Waals surface area contributed by atoms with Crippen molar-refractivity contribution in [3.05, 3.63) is 16.8 Å². The highest BCUT2D eigenvalue weighted by Crippen LogP contribution is 2.25. The summed E-state index contributed by atoms with van der Waals surface area (Å²) in [7, 11) is -1.53. The molecular formula is C11H15ClN2O3S. The fourth-order valence-corrected chi connectivity index (χ4v) is 4.25. The Morgan fingerprint density at radius 3 is 2.83 bits per heavy atom. The lowest BCUT2D eigenvalue weighted by Gasteiger charge is -2.21. The van der Waals surface area contributed by atoms with Gasteiger partial charge in [-0.05, 0) is 18.9 Å². The van der Waals surface area contributed by atoms with Crippen LogP contribution >= 0.6 is 11.6 Å². The average Bonchev–Trinajstić information content (AvgIpc) is 2.32. The molecule has 1 fully saturated rings. The molecule has 1 unspecified atom stereocenters.